The molecular formula is C12H13BrClN3O. The summed E-state index contributed by atoms with van der Waals surface area (Å²) in [5, 5.41) is 4.91. The van der Waals surface area contributed by atoms with E-state index in [0.717, 1.165) is 21.4 Å². The van der Waals surface area contributed by atoms with Crippen molar-refractivity contribution in [3.8, 4) is 17.0 Å². The van der Waals surface area contributed by atoms with Crippen molar-refractivity contribution in [2.45, 2.75) is 6.54 Å². The van der Waals surface area contributed by atoms with Gasteiger partial charge in [-0.2, -0.15) is 5.10 Å². The predicted molar refractivity (Wildman–Crippen MR) is 75.8 cm³/mol. The van der Waals surface area contributed by atoms with Crippen LogP contribution in [-0.2, 0) is 13.6 Å². The molecule has 6 heteroatoms. The maximum absolute atomic E-state index is 6.13. The quantitative estimate of drug-likeness (QED) is 0.941. The zero-order chi connectivity index (χ0) is 13.3. The Bertz CT molecular complexity index is 583. The Morgan fingerprint density at radius 1 is 1.50 bits per heavy atom. The summed E-state index contributed by atoms with van der Waals surface area (Å²) < 4.78 is 7.82. The SMILES string of the molecule is COc1ccc(-c2c(Br)c(CN)nn2C)cc1Cl. The van der Waals surface area contributed by atoms with Crippen LogP contribution in [0.3, 0.4) is 0 Å². The van der Waals surface area contributed by atoms with E-state index < -0.39 is 0 Å². The maximum atomic E-state index is 6.13. The van der Waals surface area contributed by atoms with Crippen LogP contribution in [0.5, 0.6) is 5.75 Å². The van der Waals surface area contributed by atoms with Crippen LogP contribution in [0.2, 0.25) is 5.02 Å². The van der Waals surface area contributed by atoms with Crippen LogP contribution in [0.15, 0.2) is 22.7 Å². The lowest BCUT2D eigenvalue weighted by Crippen LogP contribution is -1.99. The van der Waals surface area contributed by atoms with Crippen molar-refractivity contribution >= 4 is 27.5 Å². The van der Waals surface area contributed by atoms with Crippen molar-refractivity contribution in [1.29, 1.82) is 0 Å². The van der Waals surface area contributed by atoms with Crippen molar-refractivity contribution < 1.29 is 4.74 Å². The number of aryl methyl sites for hydroxylation is 1. The first-order valence-corrected chi connectivity index (χ1v) is 6.51. The number of benzene rings is 1. The first-order valence-electron chi connectivity index (χ1n) is 5.33. The van der Waals surface area contributed by atoms with Gasteiger partial charge >= 0.3 is 0 Å². The van der Waals surface area contributed by atoms with Crippen LogP contribution in [0.25, 0.3) is 11.3 Å². The van der Waals surface area contributed by atoms with Gasteiger partial charge in [-0.1, -0.05) is 11.6 Å². The minimum atomic E-state index is 0.387. The second-order valence-electron chi connectivity index (χ2n) is 3.79. The van der Waals surface area contributed by atoms with Crippen LogP contribution in [0.4, 0.5) is 0 Å². The lowest BCUT2D eigenvalue weighted by Gasteiger charge is -2.07. The van der Waals surface area contributed by atoms with Crippen molar-refractivity contribution in [2.75, 3.05) is 7.11 Å². The summed E-state index contributed by atoms with van der Waals surface area (Å²) >= 11 is 9.65. The number of rotatable bonds is 3. The summed E-state index contributed by atoms with van der Waals surface area (Å²) in [5.74, 6) is 0.651. The number of ether oxygens (including phenoxy) is 1. The van der Waals surface area contributed by atoms with E-state index in [-0.39, 0.29) is 0 Å². The zero-order valence-corrected chi connectivity index (χ0v) is 12.4. The van der Waals surface area contributed by atoms with Crippen LogP contribution in [0, 0.1) is 0 Å². The summed E-state index contributed by atoms with van der Waals surface area (Å²) in [7, 11) is 3.46. The molecule has 1 heterocycles. The number of aromatic nitrogens is 2. The molecule has 0 spiro atoms. The fourth-order valence-corrected chi connectivity index (χ4v) is 2.80. The number of halogens is 2. The Kier molecular flexibility index (Phi) is 3.94. The molecule has 0 aliphatic rings. The Balaban J connectivity index is 2.55. The summed E-state index contributed by atoms with van der Waals surface area (Å²) in [6.07, 6.45) is 0. The number of methoxy groups -OCH3 is 1. The van der Waals surface area contributed by atoms with E-state index in [1.165, 1.54) is 0 Å². The van der Waals surface area contributed by atoms with Crippen molar-refractivity contribution in [1.82, 2.24) is 9.78 Å². The Morgan fingerprint density at radius 2 is 2.22 bits per heavy atom. The largest absolute Gasteiger partial charge is 0.495 e. The zero-order valence-electron chi connectivity index (χ0n) is 10.1. The lowest BCUT2D eigenvalue weighted by molar-refractivity contribution is 0.415. The highest BCUT2D eigenvalue weighted by atomic mass is 79.9. The molecule has 0 saturated carbocycles. The molecule has 0 unspecified atom stereocenters. The molecule has 0 aliphatic heterocycles. The van der Waals surface area contributed by atoms with E-state index in [1.54, 1.807) is 11.8 Å². The van der Waals surface area contributed by atoms with Gasteiger partial charge in [-0.05, 0) is 34.1 Å². The third kappa shape index (κ3) is 2.25. The smallest absolute Gasteiger partial charge is 0.137 e. The molecule has 0 radical (unpaired) electrons. The molecule has 2 aromatic rings. The van der Waals surface area contributed by atoms with Gasteiger partial charge in [0.25, 0.3) is 0 Å². The van der Waals surface area contributed by atoms with Crippen LogP contribution in [-0.4, -0.2) is 16.9 Å². The van der Waals surface area contributed by atoms with Gasteiger partial charge < -0.3 is 10.5 Å². The molecule has 0 fully saturated rings. The van der Waals surface area contributed by atoms with E-state index in [9.17, 15) is 0 Å². The fraction of sp³-hybridized carbons (Fsp3) is 0.250. The van der Waals surface area contributed by atoms with E-state index in [1.807, 2.05) is 25.2 Å². The van der Waals surface area contributed by atoms with E-state index in [0.29, 0.717) is 17.3 Å². The van der Waals surface area contributed by atoms with Crippen molar-refractivity contribution in [3.05, 3.63) is 33.4 Å². The van der Waals surface area contributed by atoms with Gasteiger partial charge in [-0.15, -0.1) is 0 Å². The van der Waals surface area contributed by atoms with Crippen molar-refractivity contribution in [3.63, 3.8) is 0 Å². The molecule has 0 atom stereocenters. The molecule has 0 saturated heterocycles. The highest BCUT2D eigenvalue weighted by molar-refractivity contribution is 9.10. The van der Waals surface area contributed by atoms with Gasteiger partial charge in [-0.25, -0.2) is 0 Å². The highest BCUT2D eigenvalue weighted by Crippen LogP contribution is 2.34. The monoisotopic (exact) mass is 329 g/mol. The van der Waals surface area contributed by atoms with E-state index in [4.69, 9.17) is 22.1 Å². The molecule has 2 rings (SSSR count). The summed E-state index contributed by atoms with van der Waals surface area (Å²) in [4.78, 5) is 0. The molecule has 0 amide bonds. The molecule has 0 aliphatic carbocycles. The molecule has 1 aromatic heterocycles. The van der Waals surface area contributed by atoms with Gasteiger partial charge in [0.15, 0.2) is 0 Å². The standard InChI is InChI=1S/C12H13BrClN3O/c1-17-12(11(13)9(6-15)16-17)7-3-4-10(18-2)8(14)5-7/h3-5H,6,15H2,1-2H3. The maximum Gasteiger partial charge on any atom is 0.137 e. The average molecular weight is 331 g/mol. The van der Waals surface area contributed by atoms with Gasteiger partial charge in [0, 0.05) is 19.2 Å². The first-order chi connectivity index (χ1) is 8.58. The van der Waals surface area contributed by atoms with Gasteiger partial charge in [0.1, 0.15) is 5.75 Å². The highest BCUT2D eigenvalue weighted by Gasteiger charge is 2.15. The van der Waals surface area contributed by atoms with Crippen LogP contribution in [0.1, 0.15) is 5.69 Å². The van der Waals surface area contributed by atoms with E-state index >= 15 is 0 Å². The number of hydrogen-bond acceptors (Lipinski definition) is 3. The fourth-order valence-electron chi connectivity index (χ4n) is 1.81. The third-order valence-electron chi connectivity index (χ3n) is 2.67. The Morgan fingerprint density at radius 3 is 2.72 bits per heavy atom. The number of nitrogens with zero attached hydrogens (tertiary/aromatic N) is 2. The number of nitrogens with two attached hydrogens (primary N) is 1. The van der Waals surface area contributed by atoms with Gasteiger partial charge in [0.2, 0.25) is 0 Å². The second kappa shape index (κ2) is 5.30. The Hall–Kier alpha value is -1.04. The topological polar surface area (TPSA) is 53.1 Å². The van der Waals surface area contributed by atoms with Gasteiger partial charge in [0.05, 0.1) is 28.0 Å². The molecule has 2 N–H and O–H groups in total. The van der Waals surface area contributed by atoms with Crippen LogP contribution < -0.4 is 10.5 Å². The molecular weight excluding hydrogens is 318 g/mol. The van der Waals surface area contributed by atoms with Crippen LogP contribution >= 0.6 is 27.5 Å². The molecule has 0 bridgehead atoms. The normalized spacial score (nSPS) is 10.7. The molecule has 18 heavy (non-hydrogen) atoms. The molecule has 4 nitrogen and oxygen atoms in total. The number of hydrogen-bond donors (Lipinski definition) is 1. The van der Waals surface area contributed by atoms with E-state index in [2.05, 4.69) is 21.0 Å². The molecule has 96 valence electrons. The third-order valence-corrected chi connectivity index (χ3v) is 3.80. The summed E-state index contributed by atoms with van der Waals surface area (Å²) in [5.41, 5.74) is 8.36. The summed E-state index contributed by atoms with van der Waals surface area (Å²) in [6.45, 7) is 0.387. The second-order valence-corrected chi connectivity index (χ2v) is 4.99. The predicted octanol–water partition coefficient (Wildman–Crippen LogP) is 2.97. The Labute approximate surface area is 119 Å². The first kappa shape index (κ1) is 13.4. The molecule has 1 aromatic carbocycles. The van der Waals surface area contributed by atoms with Crippen molar-refractivity contribution in [2.24, 2.45) is 12.8 Å². The minimum absolute atomic E-state index is 0.387. The minimum Gasteiger partial charge on any atom is -0.495 e. The summed E-state index contributed by atoms with van der Waals surface area (Å²) in [6, 6.07) is 5.62. The van der Waals surface area contributed by atoms with Gasteiger partial charge in [-0.3, -0.25) is 4.68 Å². The average Bonchev–Trinajstić information content (AvgIpc) is 2.64. The lowest BCUT2D eigenvalue weighted by atomic mass is 10.1.